The molecule has 1 atom stereocenters. The summed E-state index contributed by atoms with van der Waals surface area (Å²) >= 11 is 0. The molecule has 0 aromatic heterocycles. The van der Waals surface area contributed by atoms with Crippen molar-refractivity contribution >= 4 is 0 Å². The molecule has 0 aliphatic carbocycles. The molecule has 1 aliphatic rings. The third kappa shape index (κ3) is 2.71. The van der Waals surface area contributed by atoms with Gasteiger partial charge in [0.05, 0.1) is 11.1 Å². The van der Waals surface area contributed by atoms with Crippen LogP contribution in [0.1, 0.15) is 22.7 Å². The molecule has 0 saturated carbocycles. The van der Waals surface area contributed by atoms with Gasteiger partial charge in [0, 0.05) is 12.6 Å². The van der Waals surface area contributed by atoms with E-state index in [0.717, 1.165) is 12.1 Å². The molecule has 17 heavy (non-hydrogen) atoms. The molecular formula is C10H7F6N. The average Bonchev–Trinajstić information content (AvgIpc) is 2.97. The van der Waals surface area contributed by atoms with E-state index in [1.54, 1.807) is 0 Å². The highest BCUT2D eigenvalue weighted by atomic mass is 19.4. The van der Waals surface area contributed by atoms with Crippen molar-refractivity contribution in [2.24, 2.45) is 0 Å². The van der Waals surface area contributed by atoms with E-state index in [1.165, 1.54) is 0 Å². The van der Waals surface area contributed by atoms with Crippen molar-refractivity contribution in [3.63, 3.8) is 0 Å². The Morgan fingerprint density at radius 3 is 1.59 bits per heavy atom. The van der Waals surface area contributed by atoms with E-state index < -0.39 is 29.5 Å². The lowest BCUT2D eigenvalue weighted by atomic mass is 10.0. The first-order valence-electron chi connectivity index (χ1n) is 4.71. The molecule has 1 heterocycles. The lowest BCUT2D eigenvalue weighted by Gasteiger charge is -2.13. The van der Waals surface area contributed by atoms with Crippen LogP contribution in [0.5, 0.6) is 0 Å². The average molecular weight is 255 g/mol. The fourth-order valence-corrected chi connectivity index (χ4v) is 1.47. The molecule has 0 amide bonds. The summed E-state index contributed by atoms with van der Waals surface area (Å²) in [6, 6.07) is 1.23. The molecule has 2 rings (SSSR count). The normalized spacial score (nSPS) is 20.5. The SMILES string of the molecule is FC(F)(F)c1cc(C2CN2)cc(C(F)(F)F)c1. The number of hydrogen-bond donors (Lipinski definition) is 1. The van der Waals surface area contributed by atoms with Gasteiger partial charge in [0.15, 0.2) is 0 Å². The molecule has 1 aromatic rings. The number of rotatable bonds is 1. The van der Waals surface area contributed by atoms with Crippen LogP contribution in [0.2, 0.25) is 0 Å². The van der Waals surface area contributed by atoms with Gasteiger partial charge in [-0.25, -0.2) is 0 Å². The van der Waals surface area contributed by atoms with Crippen LogP contribution < -0.4 is 5.32 Å². The molecule has 1 fully saturated rings. The van der Waals surface area contributed by atoms with Crippen LogP contribution in [-0.4, -0.2) is 6.54 Å². The standard InChI is InChI=1S/C10H7F6N/c11-9(12,13)6-1-5(8-4-17-8)2-7(3-6)10(14,15)16/h1-3,8,17H,4H2. The van der Waals surface area contributed by atoms with Crippen LogP contribution in [0, 0.1) is 0 Å². The van der Waals surface area contributed by atoms with Crippen LogP contribution in [-0.2, 0) is 12.4 Å². The largest absolute Gasteiger partial charge is 0.416 e. The molecule has 0 radical (unpaired) electrons. The maximum atomic E-state index is 12.4. The molecule has 0 spiro atoms. The zero-order valence-corrected chi connectivity index (χ0v) is 8.28. The Bertz CT molecular complexity index is 397. The first-order chi connectivity index (χ1) is 7.68. The van der Waals surface area contributed by atoms with E-state index in [1.807, 2.05) is 0 Å². The molecule has 1 nitrogen and oxygen atoms in total. The summed E-state index contributed by atoms with van der Waals surface area (Å²) in [6.45, 7) is 0.401. The Hall–Kier alpha value is -1.24. The van der Waals surface area contributed by atoms with Gasteiger partial charge in [-0.2, -0.15) is 26.3 Å². The Morgan fingerprint density at radius 2 is 1.29 bits per heavy atom. The highest BCUT2D eigenvalue weighted by molar-refractivity contribution is 5.36. The minimum absolute atomic E-state index is 0.0205. The van der Waals surface area contributed by atoms with Gasteiger partial charge in [-0.1, -0.05) is 0 Å². The first-order valence-corrected chi connectivity index (χ1v) is 4.71. The molecule has 1 saturated heterocycles. The van der Waals surface area contributed by atoms with Crippen LogP contribution >= 0.6 is 0 Å². The number of nitrogens with one attached hydrogen (secondary N) is 1. The number of benzene rings is 1. The Kier molecular flexibility index (Phi) is 2.61. The third-order valence-corrected chi connectivity index (χ3v) is 2.42. The summed E-state index contributed by atoms with van der Waals surface area (Å²) < 4.78 is 74.6. The van der Waals surface area contributed by atoms with Crippen molar-refractivity contribution in [1.29, 1.82) is 0 Å². The van der Waals surface area contributed by atoms with Gasteiger partial charge >= 0.3 is 12.4 Å². The Balaban J connectivity index is 2.50. The molecule has 1 aromatic carbocycles. The lowest BCUT2D eigenvalue weighted by Crippen LogP contribution is -2.11. The highest BCUT2D eigenvalue weighted by Gasteiger charge is 2.38. The topological polar surface area (TPSA) is 21.9 Å². The van der Waals surface area contributed by atoms with Gasteiger partial charge in [0.25, 0.3) is 0 Å². The zero-order valence-electron chi connectivity index (χ0n) is 8.28. The van der Waals surface area contributed by atoms with E-state index in [9.17, 15) is 26.3 Å². The maximum absolute atomic E-state index is 12.4. The summed E-state index contributed by atoms with van der Waals surface area (Å²) in [5.41, 5.74) is -2.51. The fraction of sp³-hybridized carbons (Fsp3) is 0.400. The number of hydrogen-bond acceptors (Lipinski definition) is 1. The van der Waals surface area contributed by atoms with Crippen molar-refractivity contribution < 1.29 is 26.3 Å². The maximum Gasteiger partial charge on any atom is 0.416 e. The third-order valence-electron chi connectivity index (χ3n) is 2.42. The molecule has 1 N–H and O–H groups in total. The number of halogens is 6. The number of alkyl halides is 6. The quantitative estimate of drug-likeness (QED) is 0.603. The Labute approximate surface area is 92.4 Å². The predicted molar refractivity (Wildman–Crippen MR) is 47.2 cm³/mol. The second-order valence-corrected chi connectivity index (χ2v) is 3.80. The molecular weight excluding hydrogens is 248 g/mol. The molecule has 0 bridgehead atoms. The van der Waals surface area contributed by atoms with Gasteiger partial charge in [0.1, 0.15) is 0 Å². The zero-order chi connectivity index (χ0) is 12.8. The van der Waals surface area contributed by atoms with Crippen molar-refractivity contribution in [3.05, 3.63) is 34.9 Å². The van der Waals surface area contributed by atoms with Crippen molar-refractivity contribution in [2.45, 2.75) is 18.4 Å². The fourth-order valence-electron chi connectivity index (χ4n) is 1.47. The van der Waals surface area contributed by atoms with E-state index in [2.05, 4.69) is 5.32 Å². The van der Waals surface area contributed by atoms with E-state index in [0.29, 0.717) is 6.54 Å². The van der Waals surface area contributed by atoms with Crippen molar-refractivity contribution in [3.8, 4) is 0 Å². The smallest absolute Gasteiger partial charge is 0.307 e. The molecule has 94 valence electrons. The van der Waals surface area contributed by atoms with Gasteiger partial charge in [-0.05, 0) is 23.8 Å². The van der Waals surface area contributed by atoms with E-state index in [4.69, 9.17) is 0 Å². The molecule has 1 aliphatic heterocycles. The highest BCUT2D eigenvalue weighted by Crippen LogP contribution is 2.38. The minimum atomic E-state index is -4.77. The summed E-state index contributed by atoms with van der Waals surface area (Å²) in [4.78, 5) is 0. The summed E-state index contributed by atoms with van der Waals surface area (Å²) in [5, 5.41) is 2.67. The first kappa shape index (κ1) is 12.2. The van der Waals surface area contributed by atoms with Gasteiger partial charge < -0.3 is 5.32 Å². The van der Waals surface area contributed by atoms with E-state index >= 15 is 0 Å². The summed E-state index contributed by atoms with van der Waals surface area (Å²) in [7, 11) is 0. The van der Waals surface area contributed by atoms with Crippen LogP contribution in [0.4, 0.5) is 26.3 Å². The summed E-state index contributed by atoms with van der Waals surface area (Å²) in [5.74, 6) is 0. The molecule has 7 heteroatoms. The lowest BCUT2D eigenvalue weighted by molar-refractivity contribution is -0.143. The molecule has 1 unspecified atom stereocenters. The second-order valence-electron chi connectivity index (χ2n) is 3.80. The summed E-state index contributed by atoms with van der Waals surface area (Å²) in [6.07, 6.45) is -9.55. The second kappa shape index (κ2) is 3.63. The van der Waals surface area contributed by atoms with Crippen molar-refractivity contribution in [2.75, 3.05) is 6.54 Å². The van der Waals surface area contributed by atoms with Crippen molar-refractivity contribution in [1.82, 2.24) is 5.32 Å². The monoisotopic (exact) mass is 255 g/mol. The Morgan fingerprint density at radius 1 is 0.882 bits per heavy atom. The van der Waals surface area contributed by atoms with Crippen LogP contribution in [0.15, 0.2) is 18.2 Å². The predicted octanol–water partition coefficient (Wildman–Crippen LogP) is 3.37. The van der Waals surface area contributed by atoms with Crippen LogP contribution in [0.25, 0.3) is 0 Å². The van der Waals surface area contributed by atoms with Crippen LogP contribution in [0.3, 0.4) is 0 Å². The van der Waals surface area contributed by atoms with E-state index in [-0.39, 0.29) is 11.6 Å². The van der Waals surface area contributed by atoms with Gasteiger partial charge in [-0.3, -0.25) is 0 Å². The van der Waals surface area contributed by atoms with Gasteiger partial charge in [-0.15, -0.1) is 0 Å². The van der Waals surface area contributed by atoms with Gasteiger partial charge in [0.2, 0.25) is 0 Å². The minimum Gasteiger partial charge on any atom is -0.307 e.